The van der Waals surface area contributed by atoms with Crippen molar-refractivity contribution in [1.82, 2.24) is 5.32 Å². The number of ether oxygens (including phenoxy) is 1. The minimum Gasteiger partial charge on any atom is -0.496 e. The lowest BCUT2D eigenvalue weighted by Crippen LogP contribution is -2.15. The number of nitrogens with one attached hydrogen (secondary N) is 1. The van der Waals surface area contributed by atoms with Crippen LogP contribution in [0.2, 0.25) is 0 Å². The normalized spacial score (nSPS) is 9.81. The maximum atomic E-state index is 8.40. The molecule has 3 heteroatoms. The van der Waals surface area contributed by atoms with Gasteiger partial charge in [0.2, 0.25) is 0 Å². The molecule has 16 heavy (non-hydrogen) atoms. The Kier molecular flexibility index (Phi) is 5.38. The standard InChI is InChI=1S/C13H18N2O/c1-11-5-6-13(16-2)12(9-11)10-15-8-4-3-7-14/h5-6,9,15H,3-4,8,10H2,1-2H3. The zero-order valence-corrected chi connectivity index (χ0v) is 9.92. The summed E-state index contributed by atoms with van der Waals surface area (Å²) in [5, 5.41) is 11.7. The van der Waals surface area contributed by atoms with Gasteiger partial charge in [0.05, 0.1) is 13.2 Å². The van der Waals surface area contributed by atoms with Crippen molar-refractivity contribution in [1.29, 1.82) is 5.26 Å². The summed E-state index contributed by atoms with van der Waals surface area (Å²) in [5.41, 5.74) is 2.40. The highest BCUT2D eigenvalue weighted by molar-refractivity contribution is 5.36. The maximum absolute atomic E-state index is 8.40. The van der Waals surface area contributed by atoms with Gasteiger partial charge in [-0.25, -0.2) is 0 Å². The Hall–Kier alpha value is -1.53. The van der Waals surface area contributed by atoms with E-state index in [4.69, 9.17) is 10.00 Å². The van der Waals surface area contributed by atoms with Gasteiger partial charge in [-0.05, 0) is 26.0 Å². The monoisotopic (exact) mass is 218 g/mol. The number of nitrogens with zero attached hydrogens (tertiary/aromatic N) is 1. The van der Waals surface area contributed by atoms with Crippen LogP contribution < -0.4 is 10.1 Å². The summed E-state index contributed by atoms with van der Waals surface area (Å²) in [6.45, 7) is 3.72. The Balaban J connectivity index is 2.46. The van der Waals surface area contributed by atoms with Crippen LogP contribution in [0.3, 0.4) is 0 Å². The zero-order chi connectivity index (χ0) is 11.8. The minimum absolute atomic E-state index is 0.609. The van der Waals surface area contributed by atoms with Gasteiger partial charge in [0.25, 0.3) is 0 Å². The fourth-order valence-electron chi connectivity index (χ4n) is 1.56. The highest BCUT2D eigenvalue weighted by Crippen LogP contribution is 2.19. The van der Waals surface area contributed by atoms with E-state index in [0.29, 0.717) is 6.42 Å². The first kappa shape index (κ1) is 12.5. The van der Waals surface area contributed by atoms with Gasteiger partial charge in [0.15, 0.2) is 0 Å². The molecular formula is C13H18N2O. The molecule has 0 atom stereocenters. The number of hydrogen-bond acceptors (Lipinski definition) is 3. The van der Waals surface area contributed by atoms with Gasteiger partial charge in [0, 0.05) is 18.5 Å². The average molecular weight is 218 g/mol. The molecule has 0 aromatic heterocycles. The Bertz CT molecular complexity index is 369. The van der Waals surface area contributed by atoms with Crippen molar-refractivity contribution in [3.63, 3.8) is 0 Å². The van der Waals surface area contributed by atoms with E-state index in [9.17, 15) is 0 Å². The summed E-state index contributed by atoms with van der Waals surface area (Å²) in [7, 11) is 1.68. The van der Waals surface area contributed by atoms with E-state index >= 15 is 0 Å². The van der Waals surface area contributed by atoms with E-state index in [1.807, 2.05) is 12.1 Å². The molecule has 0 fully saturated rings. The molecule has 1 rings (SSSR count). The third-order valence-electron chi connectivity index (χ3n) is 2.39. The second-order valence-corrected chi connectivity index (χ2v) is 3.75. The topological polar surface area (TPSA) is 45.0 Å². The van der Waals surface area contributed by atoms with Crippen LogP contribution in [0.15, 0.2) is 18.2 Å². The molecular weight excluding hydrogens is 200 g/mol. The van der Waals surface area contributed by atoms with Crippen LogP contribution in [-0.4, -0.2) is 13.7 Å². The van der Waals surface area contributed by atoms with Gasteiger partial charge < -0.3 is 10.1 Å². The third-order valence-corrected chi connectivity index (χ3v) is 2.39. The van der Waals surface area contributed by atoms with Crippen molar-refractivity contribution in [2.24, 2.45) is 0 Å². The van der Waals surface area contributed by atoms with E-state index < -0.39 is 0 Å². The summed E-state index contributed by atoms with van der Waals surface area (Å²) in [6, 6.07) is 8.28. The maximum Gasteiger partial charge on any atom is 0.123 e. The molecule has 0 heterocycles. The molecule has 0 unspecified atom stereocenters. The van der Waals surface area contributed by atoms with Crippen molar-refractivity contribution in [2.45, 2.75) is 26.3 Å². The molecule has 0 aliphatic heterocycles. The zero-order valence-electron chi connectivity index (χ0n) is 9.92. The minimum atomic E-state index is 0.609. The number of benzene rings is 1. The predicted molar refractivity (Wildman–Crippen MR) is 64.3 cm³/mol. The molecule has 0 aliphatic rings. The van der Waals surface area contributed by atoms with Crippen LogP contribution in [0.25, 0.3) is 0 Å². The van der Waals surface area contributed by atoms with Gasteiger partial charge in [0.1, 0.15) is 5.75 Å². The van der Waals surface area contributed by atoms with E-state index in [1.54, 1.807) is 7.11 Å². The fraction of sp³-hybridized carbons (Fsp3) is 0.462. The van der Waals surface area contributed by atoms with Gasteiger partial charge in [-0.15, -0.1) is 0 Å². The first-order chi connectivity index (χ1) is 7.77. The van der Waals surface area contributed by atoms with Crippen LogP contribution in [0.1, 0.15) is 24.0 Å². The Morgan fingerprint density at radius 2 is 2.25 bits per heavy atom. The second-order valence-electron chi connectivity index (χ2n) is 3.75. The Labute approximate surface area is 97.0 Å². The molecule has 1 aromatic carbocycles. The molecule has 1 aromatic rings. The number of aryl methyl sites for hydroxylation is 1. The number of unbranched alkanes of at least 4 members (excludes halogenated alkanes) is 1. The van der Waals surface area contributed by atoms with Gasteiger partial charge in [-0.2, -0.15) is 5.26 Å². The van der Waals surface area contributed by atoms with Crippen LogP contribution in [0.4, 0.5) is 0 Å². The lowest BCUT2D eigenvalue weighted by atomic mass is 10.1. The number of methoxy groups -OCH3 is 1. The molecule has 86 valence electrons. The summed E-state index contributed by atoms with van der Waals surface area (Å²) in [4.78, 5) is 0. The molecule has 0 aliphatic carbocycles. The molecule has 1 N–H and O–H groups in total. The van der Waals surface area contributed by atoms with Crippen LogP contribution in [-0.2, 0) is 6.54 Å². The highest BCUT2D eigenvalue weighted by atomic mass is 16.5. The van der Waals surface area contributed by atoms with Crippen molar-refractivity contribution in [3.8, 4) is 11.8 Å². The van der Waals surface area contributed by atoms with Gasteiger partial charge >= 0.3 is 0 Å². The molecule has 0 spiro atoms. The molecule has 0 saturated carbocycles. The smallest absolute Gasteiger partial charge is 0.123 e. The highest BCUT2D eigenvalue weighted by Gasteiger charge is 2.02. The second kappa shape index (κ2) is 6.86. The molecule has 0 saturated heterocycles. The van der Waals surface area contributed by atoms with Crippen LogP contribution in [0, 0.1) is 18.3 Å². The predicted octanol–water partition coefficient (Wildman–Crippen LogP) is 2.40. The number of nitriles is 1. The first-order valence-electron chi connectivity index (χ1n) is 5.49. The quantitative estimate of drug-likeness (QED) is 0.746. The van der Waals surface area contributed by atoms with Gasteiger partial charge in [-0.1, -0.05) is 17.7 Å². The van der Waals surface area contributed by atoms with E-state index in [1.165, 1.54) is 11.1 Å². The largest absolute Gasteiger partial charge is 0.496 e. The van der Waals surface area contributed by atoms with Crippen molar-refractivity contribution in [3.05, 3.63) is 29.3 Å². The van der Waals surface area contributed by atoms with Crippen molar-refractivity contribution in [2.75, 3.05) is 13.7 Å². The third kappa shape index (κ3) is 3.92. The summed E-state index contributed by atoms with van der Waals surface area (Å²) in [5.74, 6) is 0.915. The molecule has 0 bridgehead atoms. The number of rotatable bonds is 6. The Morgan fingerprint density at radius 1 is 1.44 bits per heavy atom. The summed E-state index contributed by atoms with van der Waals surface area (Å²) < 4.78 is 5.29. The summed E-state index contributed by atoms with van der Waals surface area (Å²) >= 11 is 0. The van der Waals surface area contributed by atoms with Crippen molar-refractivity contribution >= 4 is 0 Å². The molecule has 3 nitrogen and oxygen atoms in total. The average Bonchev–Trinajstić information content (AvgIpc) is 2.29. The molecule has 0 radical (unpaired) electrons. The first-order valence-corrected chi connectivity index (χ1v) is 5.49. The summed E-state index contributed by atoms with van der Waals surface area (Å²) in [6.07, 6.45) is 1.50. The van der Waals surface area contributed by atoms with E-state index in [0.717, 1.165) is 25.3 Å². The lowest BCUT2D eigenvalue weighted by Gasteiger charge is -2.10. The van der Waals surface area contributed by atoms with Crippen molar-refractivity contribution < 1.29 is 4.74 Å². The van der Waals surface area contributed by atoms with Crippen LogP contribution >= 0.6 is 0 Å². The fourth-order valence-corrected chi connectivity index (χ4v) is 1.56. The SMILES string of the molecule is COc1ccc(C)cc1CNCCCC#N. The lowest BCUT2D eigenvalue weighted by molar-refractivity contribution is 0.407. The number of hydrogen-bond donors (Lipinski definition) is 1. The van der Waals surface area contributed by atoms with Crippen LogP contribution in [0.5, 0.6) is 5.75 Å². The molecule has 0 amide bonds. The Morgan fingerprint density at radius 3 is 2.94 bits per heavy atom. The van der Waals surface area contributed by atoms with Gasteiger partial charge in [-0.3, -0.25) is 0 Å². The van der Waals surface area contributed by atoms with E-state index in [2.05, 4.69) is 24.4 Å². The van der Waals surface area contributed by atoms with E-state index in [-0.39, 0.29) is 0 Å².